The van der Waals surface area contributed by atoms with Crippen LogP contribution in [-0.2, 0) is 23.8 Å². The average Bonchev–Trinajstić information content (AvgIpc) is 3.20. The van der Waals surface area contributed by atoms with E-state index < -0.39 is 6.10 Å². The molecular weight excluding hydrogens is 693 g/mol. The molecule has 0 aromatic rings. The lowest BCUT2D eigenvalue weighted by Gasteiger charge is -2.18. The van der Waals surface area contributed by atoms with E-state index in [2.05, 4.69) is 69.4 Å². The van der Waals surface area contributed by atoms with E-state index in [-0.39, 0.29) is 25.2 Å². The molecule has 5 heteroatoms. The molecule has 0 rings (SSSR count). The van der Waals surface area contributed by atoms with Crippen molar-refractivity contribution in [2.75, 3.05) is 19.8 Å². The van der Waals surface area contributed by atoms with Gasteiger partial charge in [-0.3, -0.25) is 9.59 Å². The highest BCUT2D eigenvalue weighted by Gasteiger charge is 2.17. The van der Waals surface area contributed by atoms with Crippen molar-refractivity contribution in [3.63, 3.8) is 0 Å². The zero-order valence-corrected chi connectivity index (χ0v) is 37.4. The van der Waals surface area contributed by atoms with Crippen LogP contribution in [0.5, 0.6) is 0 Å². The SMILES string of the molecule is CC/C=C\C/C=C\C/C=C\C/C=C\CCCOCC(COC(=O)CCCCCCCCCCCCCCC)OC(=O)CCCCCCCCCCCCCCC. The van der Waals surface area contributed by atoms with Gasteiger partial charge in [0.1, 0.15) is 6.61 Å². The largest absolute Gasteiger partial charge is 0.462 e. The van der Waals surface area contributed by atoms with Crippen LogP contribution in [0.25, 0.3) is 0 Å². The van der Waals surface area contributed by atoms with E-state index >= 15 is 0 Å². The van der Waals surface area contributed by atoms with Crippen LogP contribution in [0.4, 0.5) is 0 Å². The summed E-state index contributed by atoms with van der Waals surface area (Å²) >= 11 is 0. The molecule has 0 aliphatic heterocycles. The Morgan fingerprint density at radius 2 is 0.786 bits per heavy atom. The summed E-state index contributed by atoms with van der Waals surface area (Å²) in [7, 11) is 0. The van der Waals surface area contributed by atoms with Gasteiger partial charge in [0.2, 0.25) is 0 Å². The van der Waals surface area contributed by atoms with Crippen LogP contribution in [0.1, 0.15) is 239 Å². The lowest BCUT2D eigenvalue weighted by molar-refractivity contribution is -0.163. The fourth-order valence-electron chi connectivity index (χ4n) is 6.81. The predicted molar refractivity (Wildman–Crippen MR) is 242 cm³/mol. The zero-order valence-electron chi connectivity index (χ0n) is 37.4. The maximum atomic E-state index is 12.7. The Balaban J connectivity index is 4.32. The molecule has 0 heterocycles. The van der Waals surface area contributed by atoms with Gasteiger partial charge >= 0.3 is 11.9 Å². The van der Waals surface area contributed by atoms with Crippen LogP contribution in [0.2, 0.25) is 0 Å². The predicted octanol–water partition coefficient (Wildman–Crippen LogP) is 16.0. The maximum Gasteiger partial charge on any atom is 0.306 e. The van der Waals surface area contributed by atoms with Gasteiger partial charge in [0.25, 0.3) is 0 Å². The van der Waals surface area contributed by atoms with E-state index in [1.165, 1.54) is 141 Å². The summed E-state index contributed by atoms with van der Waals surface area (Å²) in [4.78, 5) is 25.3. The molecule has 0 N–H and O–H groups in total. The Morgan fingerprint density at radius 3 is 1.21 bits per heavy atom. The molecule has 326 valence electrons. The van der Waals surface area contributed by atoms with E-state index in [0.29, 0.717) is 19.4 Å². The molecule has 1 atom stereocenters. The van der Waals surface area contributed by atoms with E-state index in [9.17, 15) is 9.59 Å². The number of unbranched alkanes of at least 4 members (excludes halogenated alkanes) is 25. The first-order valence-electron chi connectivity index (χ1n) is 24.2. The summed E-state index contributed by atoms with van der Waals surface area (Å²) in [5, 5.41) is 0. The normalized spacial score (nSPS) is 12.6. The van der Waals surface area contributed by atoms with E-state index in [1.807, 2.05) is 0 Å². The maximum absolute atomic E-state index is 12.7. The van der Waals surface area contributed by atoms with Gasteiger partial charge in [-0.05, 0) is 51.4 Å². The van der Waals surface area contributed by atoms with Crippen LogP contribution < -0.4 is 0 Å². The van der Waals surface area contributed by atoms with Crippen LogP contribution in [0.3, 0.4) is 0 Å². The first kappa shape index (κ1) is 53.9. The highest BCUT2D eigenvalue weighted by molar-refractivity contribution is 5.70. The highest BCUT2D eigenvalue weighted by atomic mass is 16.6. The summed E-state index contributed by atoms with van der Waals surface area (Å²) in [6, 6.07) is 0. The number of esters is 2. The van der Waals surface area contributed by atoms with Crippen LogP contribution >= 0.6 is 0 Å². The van der Waals surface area contributed by atoms with Crippen LogP contribution in [0.15, 0.2) is 48.6 Å². The van der Waals surface area contributed by atoms with Crippen molar-refractivity contribution in [2.45, 2.75) is 245 Å². The minimum Gasteiger partial charge on any atom is -0.462 e. The molecule has 0 aromatic heterocycles. The van der Waals surface area contributed by atoms with Gasteiger partial charge in [-0.15, -0.1) is 0 Å². The number of carbonyl (C=O) groups excluding carboxylic acids is 2. The molecule has 0 aromatic carbocycles. The van der Waals surface area contributed by atoms with Crippen molar-refractivity contribution < 1.29 is 23.8 Å². The third-order valence-electron chi connectivity index (χ3n) is 10.4. The topological polar surface area (TPSA) is 61.8 Å². The smallest absolute Gasteiger partial charge is 0.306 e. The molecule has 0 bridgehead atoms. The number of hydrogen-bond acceptors (Lipinski definition) is 5. The van der Waals surface area contributed by atoms with Crippen molar-refractivity contribution >= 4 is 11.9 Å². The standard InChI is InChI=1S/C51H92O5/c1-4-7-10-13-16-19-22-25-28-31-34-37-40-43-46-54-47-49(56-51(53)45-42-39-36-33-30-27-24-21-18-15-12-9-6-3)48-55-50(52)44-41-38-35-32-29-26-23-20-17-14-11-8-5-2/h7,10,16,19,25,28,34,37,49H,4-6,8-9,11-15,17-18,20-24,26-27,29-33,35-36,38-48H2,1-3H3/b10-7-,19-16-,28-25-,37-34-. The second-order valence-electron chi connectivity index (χ2n) is 16.0. The zero-order chi connectivity index (χ0) is 40.7. The first-order valence-corrected chi connectivity index (χ1v) is 24.2. The second kappa shape index (κ2) is 47.2. The van der Waals surface area contributed by atoms with Gasteiger partial charge < -0.3 is 14.2 Å². The Labute approximate surface area is 348 Å². The molecular formula is C51H92O5. The summed E-state index contributed by atoms with van der Waals surface area (Å²) in [5.74, 6) is -0.418. The summed E-state index contributed by atoms with van der Waals surface area (Å²) in [6.07, 6.45) is 56.9. The molecule has 5 nitrogen and oxygen atoms in total. The highest BCUT2D eigenvalue weighted by Crippen LogP contribution is 2.15. The molecule has 1 unspecified atom stereocenters. The summed E-state index contributed by atoms with van der Waals surface area (Å²) in [5.41, 5.74) is 0. The third-order valence-corrected chi connectivity index (χ3v) is 10.4. The first-order chi connectivity index (χ1) is 27.6. The average molecular weight is 785 g/mol. The van der Waals surface area contributed by atoms with Gasteiger partial charge in [0, 0.05) is 19.4 Å². The molecule has 0 saturated heterocycles. The van der Waals surface area contributed by atoms with Crippen molar-refractivity contribution in [1.29, 1.82) is 0 Å². The molecule has 0 aliphatic rings. The van der Waals surface area contributed by atoms with Gasteiger partial charge in [0.15, 0.2) is 6.10 Å². The van der Waals surface area contributed by atoms with Crippen LogP contribution in [0, 0.1) is 0 Å². The summed E-state index contributed by atoms with van der Waals surface area (Å²) in [6.45, 7) is 7.60. The monoisotopic (exact) mass is 785 g/mol. The molecule has 0 saturated carbocycles. The van der Waals surface area contributed by atoms with Crippen molar-refractivity contribution in [3.05, 3.63) is 48.6 Å². The lowest BCUT2D eigenvalue weighted by atomic mass is 10.0. The van der Waals surface area contributed by atoms with Gasteiger partial charge in [0.05, 0.1) is 6.61 Å². The van der Waals surface area contributed by atoms with E-state index in [1.54, 1.807) is 0 Å². The third kappa shape index (κ3) is 44.6. The number of rotatable bonds is 44. The quantitative estimate of drug-likeness (QED) is 0.0350. The summed E-state index contributed by atoms with van der Waals surface area (Å²) < 4.78 is 17.3. The van der Waals surface area contributed by atoms with Crippen molar-refractivity contribution in [2.24, 2.45) is 0 Å². The lowest BCUT2D eigenvalue weighted by Crippen LogP contribution is -2.30. The number of ether oxygens (including phenoxy) is 3. The Hall–Kier alpha value is -2.14. The fourth-order valence-corrected chi connectivity index (χ4v) is 6.81. The van der Waals surface area contributed by atoms with Crippen molar-refractivity contribution in [3.8, 4) is 0 Å². The molecule has 0 aliphatic carbocycles. The van der Waals surface area contributed by atoms with Gasteiger partial charge in [-0.1, -0.05) is 223 Å². The number of allylic oxidation sites excluding steroid dienone is 8. The van der Waals surface area contributed by atoms with Gasteiger partial charge in [-0.25, -0.2) is 0 Å². The Kier molecular flexibility index (Phi) is 45.4. The Morgan fingerprint density at radius 1 is 0.411 bits per heavy atom. The fraction of sp³-hybridized carbons (Fsp3) is 0.804. The van der Waals surface area contributed by atoms with Gasteiger partial charge in [-0.2, -0.15) is 0 Å². The Bertz CT molecular complexity index is 935. The molecule has 0 radical (unpaired) electrons. The minimum atomic E-state index is -0.558. The van der Waals surface area contributed by atoms with Crippen molar-refractivity contribution in [1.82, 2.24) is 0 Å². The number of hydrogen-bond donors (Lipinski definition) is 0. The van der Waals surface area contributed by atoms with Crippen LogP contribution in [-0.4, -0.2) is 37.9 Å². The second-order valence-corrected chi connectivity index (χ2v) is 16.0. The molecule has 0 spiro atoms. The molecule has 0 amide bonds. The molecule has 56 heavy (non-hydrogen) atoms. The molecule has 0 fully saturated rings. The number of carbonyl (C=O) groups is 2. The van der Waals surface area contributed by atoms with E-state index in [4.69, 9.17) is 14.2 Å². The minimum absolute atomic E-state index is 0.0679. The van der Waals surface area contributed by atoms with E-state index in [0.717, 1.165) is 64.2 Å².